The highest BCUT2D eigenvalue weighted by atomic mass is 35.5. The number of nitrogens with two attached hydrogens (primary N) is 1. The minimum atomic E-state index is -0.0668. The topological polar surface area (TPSA) is 80.9 Å². The van der Waals surface area contributed by atoms with Crippen molar-refractivity contribution in [1.82, 2.24) is 15.3 Å². The lowest BCUT2D eigenvalue weighted by molar-refractivity contribution is -0.119. The second kappa shape index (κ2) is 6.28. The third kappa shape index (κ3) is 4.15. The third-order valence-corrected chi connectivity index (χ3v) is 1.48. The van der Waals surface area contributed by atoms with Gasteiger partial charge in [0.15, 0.2) is 0 Å². The van der Waals surface area contributed by atoms with Crippen molar-refractivity contribution in [3.63, 3.8) is 0 Å². The van der Waals surface area contributed by atoms with Gasteiger partial charge in [-0.2, -0.15) is 0 Å². The summed E-state index contributed by atoms with van der Waals surface area (Å²) < 4.78 is 0. The van der Waals surface area contributed by atoms with Crippen molar-refractivity contribution in [1.29, 1.82) is 0 Å². The SMILES string of the molecule is CC(=O)NCc1cnc(CN)nc1.Cl. The van der Waals surface area contributed by atoms with Crippen LogP contribution < -0.4 is 11.1 Å². The molecule has 0 atom stereocenters. The molecule has 0 aliphatic heterocycles. The summed E-state index contributed by atoms with van der Waals surface area (Å²) in [4.78, 5) is 18.5. The lowest BCUT2D eigenvalue weighted by Gasteiger charge is -2.01. The molecule has 1 aromatic rings. The van der Waals surface area contributed by atoms with Crippen molar-refractivity contribution in [2.45, 2.75) is 20.0 Å². The van der Waals surface area contributed by atoms with E-state index in [2.05, 4.69) is 15.3 Å². The monoisotopic (exact) mass is 216 g/mol. The van der Waals surface area contributed by atoms with Gasteiger partial charge in [-0.1, -0.05) is 0 Å². The fourth-order valence-electron chi connectivity index (χ4n) is 0.805. The normalized spacial score (nSPS) is 9.00. The molecular weight excluding hydrogens is 204 g/mol. The first kappa shape index (κ1) is 12.8. The highest BCUT2D eigenvalue weighted by molar-refractivity contribution is 5.85. The molecule has 1 aromatic heterocycles. The van der Waals surface area contributed by atoms with E-state index in [1.807, 2.05) is 0 Å². The van der Waals surface area contributed by atoms with E-state index in [0.717, 1.165) is 5.56 Å². The minimum Gasteiger partial charge on any atom is -0.352 e. The number of carbonyl (C=O) groups is 1. The van der Waals surface area contributed by atoms with E-state index in [-0.39, 0.29) is 18.3 Å². The van der Waals surface area contributed by atoms with Gasteiger partial charge in [0, 0.05) is 31.4 Å². The number of aromatic nitrogens is 2. The van der Waals surface area contributed by atoms with Gasteiger partial charge in [0.1, 0.15) is 5.82 Å². The molecule has 5 nitrogen and oxygen atoms in total. The summed E-state index contributed by atoms with van der Waals surface area (Å²) in [5.74, 6) is 0.537. The lowest BCUT2D eigenvalue weighted by Crippen LogP contribution is -2.19. The summed E-state index contributed by atoms with van der Waals surface area (Å²) in [6, 6.07) is 0. The molecule has 1 rings (SSSR count). The second-order valence-corrected chi connectivity index (χ2v) is 2.62. The molecule has 0 aliphatic rings. The Morgan fingerprint density at radius 2 is 2.07 bits per heavy atom. The standard InChI is InChI=1S/C8H12N4O.ClH/c1-6(13)10-3-7-4-11-8(2-9)12-5-7;/h4-5H,2-3,9H2,1H3,(H,10,13);1H. The maximum absolute atomic E-state index is 10.6. The number of nitrogens with one attached hydrogen (secondary N) is 1. The zero-order valence-corrected chi connectivity index (χ0v) is 8.67. The van der Waals surface area contributed by atoms with Crippen LogP contribution in [0.4, 0.5) is 0 Å². The number of rotatable bonds is 3. The highest BCUT2D eigenvalue weighted by Gasteiger charge is 1.96. The van der Waals surface area contributed by atoms with Gasteiger partial charge >= 0.3 is 0 Å². The van der Waals surface area contributed by atoms with E-state index >= 15 is 0 Å². The lowest BCUT2D eigenvalue weighted by atomic mass is 10.3. The molecule has 78 valence electrons. The molecule has 0 aliphatic carbocycles. The van der Waals surface area contributed by atoms with Crippen molar-refractivity contribution >= 4 is 18.3 Å². The summed E-state index contributed by atoms with van der Waals surface area (Å²) in [7, 11) is 0. The highest BCUT2D eigenvalue weighted by Crippen LogP contribution is 1.94. The largest absolute Gasteiger partial charge is 0.352 e. The molecule has 0 bridgehead atoms. The first-order chi connectivity index (χ1) is 6.22. The molecule has 3 N–H and O–H groups in total. The molecule has 0 aromatic carbocycles. The zero-order chi connectivity index (χ0) is 9.68. The molecule has 1 heterocycles. The number of amides is 1. The summed E-state index contributed by atoms with van der Waals surface area (Å²) in [5.41, 5.74) is 6.20. The quantitative estimate of drug-likeness (QED) is 0.745. The van der Waals surface area contributed by atoms with E-state index < -0.39 is 0 Å². The van der Waals surface area contributed by atoms with Crippen LogP contribution in [0.1, 0.15) is 18.3 Å². The average Bonchev–Trinajstić information content (AvgIpc) is 2.15. The number of hydrogen-bond donors (Lipinski definition) is 2. The summed E-state index contributed by atoms with van der Waals surface area (Å²) in [6.07, 6.45) is 3.32. The van der Waals surface area contributed by atoms with Crippen LogP contribution in [0.3, 0.4) is 0 Å². The van der Waals surface area contributed by atoms with Crippen LogP contribution in [-0.2, 0) is 17.9 Å². The maximum Gasteiger partial charge on any atom is 0.217 e. The Morgan fingerprint density at radius 1 is 1.50 bits per heavy atom. The van der Waals surface area contributed by atoms with Gasteiger partial charge in [0.25, 0.3) is 0 Å². The van der Waals surface area contributed by atoms with Crippen LogP contribution in [0.15, 0.2) is 12.4 Å². The Bertz CT molecular complexity index is 288. The van der Waals surface area contributed by atoms with Crippen LogP contribution in [0, 0.1) is 0 Å². The molecule has 14 heavy (non-hydrogen) atoms. The summed E-state index contributed by atoms with van der Waals surface area (Å²) in [5, 5.41) is 2.65. The first-order valence-corrected chi connectivity index (χ1v) is 3.96. The molecule has 0 saturated heterocycles. The molecule has 1 amide bonds. The Balaban J connectivity index is 0.00000169. The Hall–Kier alpha value is -1.20. The van der Waals surface area contributed by atoms with Crippen LogP contribution in [0.25, 0.3) is 0 Å². The predicted octanol–water partition coefficient (Wildman–Crippen LogP) is -0.00680. The van der Waals surface area contributed by atoms with E-state index in [0.29, 0.717) is 18.9 Å². The van der Waals surface area contributed by atoms with Gasteiger partial charge in [-0.25, -0.2) is 9.97 Å². The Morgan fingerprint density at radius 3 is 2.50 bits per heavy atom. The smallest absolute Gasteiger partial charge is 0.217 e. The van der Waals surface area contributed by atoms with E-state index in [9.17, 15) is 4.79 Å². The van der Waals surface area contributed by atoms with Crippen molar-refractivity contribution < 1.29 is 4.79 Å². The van der Waals surface area contributed by atoms with Crippen LogP contribution in [-0.4, -0.2) is 15.9 Å². The maximum atomic E-state index is 10.6. The fraction of sp³-hybridized carbons (Fsp3) is 0.375. The van der Waals surface area contributed by atoms with Gasteiger partial charge in [0.05, 0.1) is 6.54 Å². The van der Waals surface area contributed by atoms with Gasteiger partial charge in [-0.3, -0.25) is 4.79 Å². The predicted molar refractivity (Wildman–Crippen MR) is 54.7 cm³/mol. The van der Waals surface area contributed by atoms with Gasteiger partial charge < -0.3 is 11.1 Å². The number of carbonyl (C=O) groups excluding carboxylic acids is 1. The minimum absolute atomic E-state index is 0. The Kier molecular flexibility index (Phi) is 5.74. The van der Waals surface area contributed by atoms with Crippen molar-refractivity contribution in [2.75, 3.05) is 0 Å². The second-order valence-electron chi connectivity index (χ2n) is 2.62. The molecular formula is C8H13ClN4O. The summed E-state index contributed by atoms with van der Waals surface area (Å²) in [6.45, 7) is 2.26. The first-order valence-electron chi connectivity index (χ1n) is 3.96. The van der Waals surface area contributed by atoms with Crippen LogP contribution in [0.2, 0.25) is 0 Å². The fourth-order valence-corrected chi connectivity index (χ4v) is 0.805. The van der Waals surface area contributed by atoms with Gasteiger partial charge in [-0.05, 0) is 0 Å². The van der Waals surface area contributed by atoms with E-state index in [4.69, 9.17) is 5.73 Å². The Labute approximate surface area is 88.5 Å². The average molecular weight is 217 g/mol. The number of halogens is 1. The van der Waals surface area contributed by atoms with Crippen LogP contribution in [0.5, 0.6) is 0 Å². The number of nitrogens with zero attached hydrogens (tertiary/aromatic N) is 2. The zero-order valence-electron chi connectivity index (χ0n) is 7.86. The van der Waals surface area contributed by atoms with Crippen molar-refractivity contribution in [3.05, 3.63) is 23.8 Å². The van der Waals surface area contributed by atoms with Gasteiger partial charge in [0.2, 0.25) is 5.91 Å². The summed E-state index contributed by atoms with van der Waals surface area (Å²) >= 11 is 0. The van der Waals surface area contributed by atoms with Crippen LogP contribution >= 0.6 is 12.4 Å². The molecule has 6 heteroatoms. The molecule has 0 radical (unpaired) electrons. The molecule has 0 spiro atoms. The van der Waals surface area contributed by atoms with E-state index in [1.165, 1.54) is 6.92 Å². The molecule has 0 unspecified atom stereocenters. The molecule has 0 saturated carbocycles. The van der Waals surface area contributed by atoms with Crippen molar-refractivity contribution in [3.8, 4) is 0 Å². The molecule has 0 fully saturated rings. The van der Waals surface area contributed by atoms with Crippen molar-refractivity contribution in [2.24, 2.45) is 5.73 Å². The van der Waals surface area contributed by atoms with E-state index in [1.54, 1.807) is 12.4 Å². The number of hydrogen-bond acceptors (Lipinski definition) is 4. The van der Waals surface area contributed by atoms with Gasteiger partial charge in [-0.15, -0.1) is 12.4 Å². The third-order valence-electron chi connectivity index (χ3n) is 1.48.